The summed E-state index contributed by atoms with van der Waals surface area (Å²) >= 11 is 0. The molecule has 1 nitrogen and oxygen atoms in total. The summed E-state index contributed by atoms with van der Waals surface area (Å²) in [6.07, 6.45) is 1.07. The van der Waals surface area contributed by atoms with Crippen molar-refractivity contribution in [1.29, 1.82) is 0 Å². The molecular formula is C7H10F2O. The normalized spacial score (nSPS) is 48.9. The van der Waals surface area contributed by atoms with Crippen LogP contribution < -0.4 is 0 Å². The van der Waals surface area contributed by atoms with Gasteiger partial charge in [-0.05, 0) is 18.8 Å². The van der Waals surface area contributed by atoms with E-state index in [9.17, 15) is 8.78 Å². The van der Waals surface area contributed by atoms with Gasteiger partial charge in [0.05, 0.1) is 0 Å². The van der Waals surface area contributed by atoms with Crippen LogP contribution in [-0.4, -0.2) is 17.6 Å². The predicted octanol–water partition coefficient (Wildman–Crippen LogP) is 1.27. The van der Waals surface area contributed by atoms with Crippen molar-refractivity contribution in [2.45, 2.75) is 18.8 Å². The number of aliphatic hydroxyl groups excluding tert-OH is 1. The third kappa shape index (κ3) is 0.641. The Morgan fingerprint density at radius 3 is 2.20 bits per heavy atom. The molecule has 2 fully saturated rings. The van der Waals surface area contributed by atoms with Gasteiger partial charge >= 0.3 is 0 Å². The number of hydrogen-bond acceptors (Lipinski definition) is 1. The summed E-state index contributed by atoms with van der Waals surface area (Å²) in [7, 11) is 0. The lowest BCUT2D eigenvalue weighted by atomic mass is 10.0. The molecule has 0 heterocycles. The Bertz CT molecular complexity index is 144. The Morgan fingerprint density at radius 1 is 1.30 bits per heavy atom. The molecule has 10 heavy (non-hydrogen) atoms. The molecular weight excluding hydrogens is 138 g/mol. The summed E-state index contributed by atoms with van der Waals surface area (Å²) in [5.74, 6) is -2.98. The molecule has 0 spiro atoms. The van der Waals surface area contributed by atoms with Gasteiger partial charge in [0, 0.05) is 18.4 Å². The second kappa shape index (κ2) is 1.70. The van der Waals surface area contributed by atoms with Crippen LogP contribution in [0, 0.1) is 17.8 Å². The fourth-order valence-corrected chi connectivity index (χ4v) is 2.07. The first kappa shape index (κ1) is 6.53. The van der Waals surface area contributed by atoms with Crippen LogP contribution in [0.25, 0.3) is 0 Å². The standard InChI is InChI=1S/C7H10F2O/c8-7(9)5-1-4(3-10)2-6(5)7/h4-6,10H,1-3H2. The zero-order valence-electron chi connectivity index (χ0n) is 5.56. The molecule has 2 rings (SSSR count). The molecule has 0 aromatic heterocycles. The summed E-state index contributed by atoms with van der Waals surface area (Å²) in [6.45, 7) is 0.0864. The lowest BCUT2D eigenvalue weighted by Crippen LogP contribution is -2.10. The molecule has 2 unspecified atom stereocenters. The SMILES string of the molecule is OCC1CC2C(C1)C2(F)F. The van der Waals surface area contributed by atoms with Gasteiger partial charge in [-0.15, -0.1) is 0 Å². The lowest BCUT2D eigenvalue weighted by Gasteiger charge is -2.09. The third-order valence-corrected chi connectivity index (χ3v) is 2.80. The molecule has 1 N–H and O–H groups in total. The highest BCUT2D eigenvalue weighted by Crippen LogP contribution is 2.65. The number of fused-ring (bicyclic) bond motifs is 1. The largest absolute Gasteiger partial charge is 0.396 e. The molecule has 3 heteroatoms. The maximum Gasteiger partial charge on any atom is 0.254 e. The molecule has 0 aliphatic heterocycles. The van der Waals surface area contributed by atoms with Gasteiger partial charge < -0.3 is 5.11 Å². The van der Waals surface area contributed by atoms with Crippen molar-refractivity contribution in [3.8, 4) is 0 Å². The van der Waals surface area contributed by atoms with E-state index in [1.807, 2.05) is 0 Å². The number of hydrogen-bond donors (Lipinski definition) is 1. The smallest absolute Gasteiger partial charge is 0.254 e. The lowest BCUT2D eigenvalue weighted by molar-refractivity contribution is 0.0563. The fourth-order valence-electron chi connectivity index (χ4n) is 2.07. The van der Waals surface area contributed by atoms with E-state index < -0.39 is 5.92 Å². The fraction of sp³-hybridized carbons (Fsp3) is 1.00. The van der Waals surface area contributed by atoms with Crippen molar-refractivity contribution in [3.05, 3.63) is 0 Å². The van der Waals surface area contributed by atoms with Gasteiger partial charge in [0.15, 0.2) is 0 Å². The van der Waals surface area contributed by atoms with E-state index in [0.29, 0.717) is 12.8 Å². The van der Waals surface area contributed by atoms with Crippen molar-refractivity contribution in [1.82, 2.24) is 0 Å². The van der Waals surface area contributed by atoms with Crippen LogP contribution in [0.2, 0.25) is 0 Å². The first-order chi connectivity index (χ1) is 4.66. The van der Waals surface area contributed by atoms with Gasteiger partial charge in [-0.1, -0.05) is 0 Å². The summed E-state index contributed by atoms with van der Waals surface area (Å²) in [5, 5.41) is 8.63. The maximum atomic E-state index is 12.5. The van der Waals surface area contributed by atoms with Crippen molar-refractivity contribution in [3.63, 3.8) is 0 Å². The molecule has 0 amide bonds. The third-order valence-electron chi connectivity index (χ3n) is 2.80. The molecule has 0 aromatic carbocycles. The minimum absolute atomic E-state index is 0.0864. The van der Waals surface area contributed by atoms with Gasteiger partial charge in [0.25, 0.3) is 5.92 Å². The molecule has 2 saturated carbocycles. The van der Waals surface area contributed by atoms with Crippen molar-refractivity contribution < 1.29 is 13.9 Å². The van der Waals surface area contributed by atoms with E-state index in [4.69, 9.17) is 5.11 Å². The molecule has 58 valence electrons. The highest BCUT2D eigenvalue weighted by Gasteiger charge is 2.71. The van der Waals surface area contributed by atoms with E-state index in [0.717, 1.165) is 0 Å². The minimum Gasteiger partial charge on any atom is -0.396 e. The first-order valence-electron chi connectivity index (χ1n) is 3.65. The van der Waals surface area contributed by atoms with E-state index in [-0.39, 0.29) is 24.4 Å². The monoisotopic (exact) mass is 148 g/mol. The Hall–Kier alpha value is -0.180. The predicted molar refractivity (Wildman–Crippen MR) is 31.7 cm³/mol. The molecule has 0 radical (unpaired) electrons. The highest BCUT2D eigenvalue weighted by atomic mass is 19.3. The van der Waals surface area contributed by atoms with Crippen LogP contribution in [0.5, 0.6) is 0 Å². The zero-order chi connectivity index (χ0) is 7.35. The second-order valence-corrected chi connectivity index (χ2v) is 3.41. The Balaban J connectivity index is 1.96. The molecule has 0 bridgehead atoms. The summed E-state index contributed by atoms with van der Waals surface area (Å²) in [4.78, 5) is 0. The number of aliphatic hydroxyl groups is 1. The number of rotatable bonds is 1. The average Bonchev–Trinajstić information content (AvgIpc) is 2.37. The van der Waals surface area contributed by atoms with Crippen LogP contribution in [0.4, 0.5) is 8.78 Å². The summed E-state index contributed by atoms with van der Waals surface area (Å²) < 4.78 is 24.9. The molecule has 2 aliphatic rings. The van der Waals surface area contributed by atoms with E-state index in [1.54, 1.807) is 0 Å². The Kier molecular flexibility index (Phi) is 1.11. The highest BCUT2D eigenvalue weighted by molar-refractivity contribution is 5.10. The zero-order valence-corrected chi connectivity index (χ0v) is 5.56. The van der Waals surface area contributed by atoms with E-state index in [2.05, 4.69) is 0 Å². The van der Waals surface area contributed by atoms with Gasteiger partial charge in [-0.25, -0.2) is 8.78 Å². The summed E-state index contributed by atoms with van der Waals surface area (Å²) in [5.41, 5.74) is 0. The van der Waals surface area contributed by atoms with Crippen LogP contribution in [-0.2, 0) is 0 Å². The first-order valence-corrected chi connectivity index (χ1v) is 3.65. The molecule has 0 aromatic rings. The Labute approximate surface area is 58.0 Å². The maximum absolute atomic E-state index is 12.5. The van der Waals surface area contributed by atoms with Crippen molar-refractivity contribution in [2.24, 2.45) is 17.8 Å². The van der Waals surface area contributed by atoms with Crippen LogP contribution in [0.3, 0.4) is 0 Å². The van der Waals surface area contributed by atoms with Gasteiger partial charge in [-0.2, -0.15) is 0 Å². The number of halogens is 2. The Morgan fingerprint density at radius 2 is 1.80 bits per heavy atom. The second-order valence-electron chi connectivity index (χ2n) is 3.41. The molecule has 2 aliphatic carbocycles. The van der Waals surface area contributed by atoms with E-state index in [1.165, 1.54) is 0 Å². The van der Waals surface area contributed by atoms with Crippen molar-refractivity contribution in [2.75, 3.05) is 6.61 Å². The van der Waals surface area contributed by atoms with Gasteiger partial charge in [-0.3, -0.25) is 0 Å². The minimum atomic E-state index is -2.37. The molecule has 0 saturated heterocycles. The van der Waals surface area contributed by atoms with Crippen LogP contribution >= 0.6 is 0 Å². The summed E-state index contributed by atoms with van der Waals surface area (Å²) in [6, 6.07) is 0. The van der Waals surface area contributed by atoms with E-state index >= 15 is 0 Å². The van der Waals surface area contributed by atoms with Crippen LogP contribution in [0.1, 0.15) is 12.8 Å². The van der Waals surface area contributed by atoms with Gasteiger partial charge in [0.2, 0.25) is 0 Å². The topological polar surface area (TPSA) is 20.2 Å². The average molecular weight is 148 g/mol. The quantitative estimate of drug-likeness (QED) is 0.593. The number of alkyl halides is 2. The van der Waals surface area contributed by atoms with Gasteiger partial charge in [0.1, 0.15) is 0 Å². The molecule has 2 atom stereocenters. The van der Waals surface area contributed by atoms with Crippen molar-refractivity contribution >= 4 is 0 Å². The van der Waals surface area contributed by atoms with Crippen LogP contribution in [0.15, 0.2) is 0 Å².